The normalized spacial score (nSPS) is 18.3. The van der Waals surface area contributed by atoms with E-state index in [9.17, 15) is 0 Å². The standard InChI is InChI=1S/C18H31N3O2S.HI/c1-4-19-17(20-13-15(2)12-16-6-5-11-24-16)21-14-18(22-3)7-9-23-10-8-18;/h5-6,11,15H,4,7-10,12-14H2,1-3H3,(H2,19,20,21);1H. The molecule has 2 heterocycles. The molecule has 2 rings (SSSR count). The average molecular weight is 481 g/mol. The maximum absolute atomic E-state index is 5.76. The molecule has 1 atom stereocenters. The highest BCUT2D eigenvalue weighted by atomic mass is 127. The molecule has 1 fully saturated rings. The number of halogens is 1. The van der Waals surface area contributed by atoms with Gasteiger partial charge in [-0.25, -0.2) is 0 Å². The van der Waals surface area contributed by atoms with Gasteiger partial charge in [0.1, 0.15) is 0 Å². The molecular formula is C18H32IN3O2S. The summed E-state index contributed by atoms with van der Waals surface area (Å²) in [6, 6.07) is 4.32. The monoisotopic (exact) mass is 481 g/mol. The zero-order valence-electron chi connectivity index (χ0n) is 15.5. The van der Waals surface area contributed by atoms with Crippen LogP contribution in [0.4, 0.5) is 0 Å². The molecule has 1 unspecified atom stereocenters. The highest BCUT2D eigenvalue weighted by Crippen LogP contribution is 2.24. The quantitative estimate of drug-likeness (QED) is 0.340. The number of methoxy groups -OCH3 is 1. The van der Waals surface area contributed by atoms with Gasteiger partial charge in [0.05, 0.1) is 12.1 Å². The molecule has 0 spiro atoms. The minimum atomic E-state index is -0.177. The molecular weight excluding hydrogens is 449 g/mol. The lowest BCUT2D eigenvalue weighted by molar-refractivity contribution is -0.0828. The zero-order valence-corrected chi connectivity index (χ0v) is 18.7. The molecule has 5 nitrogen and oxygen atoms in total. The van der Waals surface area contributed by atoms with Gasteiger partial charge in [-0.05, 0) is 30.7 Å². The van der Waals surface area contributed by atoms with Gasteiger partial charge in [0.25, 0.3) is 0 Å². The van der Waals surface area contributed by atoms with E-state index < -0.39 is 0 Å². The summed E-state index contributed by atoms with van der Waals surface area (Å²) in [7, 11) is 1.78. The first-order valence-corrected chi connectivity index (χ1v) is 9.73. The van der Waals surface area contributed by atoms with E-state index in [1.165, 1.54) is 4.88 Å². The molecule has 25 heavy (non-hydrogen) atoms. The first-order chi connectivity index (χ1) is 11.7. The van der Waals surface area contributed by atoms with Gasteiger partial charge < -0.3 is 20.1 Å². The van der Waals surface area contributed by atoms with Gasteiger partial charge in [0, 0.05) is 51.1 Å². The summed E-state index contributed by atoms with van der Waals surface area (Å²) in [5, 5.41) is 8.94. The maximum Gasteiger partial charge on any atom is 0.191 e. The molecule has 1 saturated heterocycles. The fraction of sp³-hybridized carbons (Fsp3) is 0.722. The zero-order chi connectivity index (χ0) is 17.3. The number of nitrogens with zero attached hydrogens (tertiary/aromatic N) is 1. The van der Waals surface area contributed by atoms with E-state index in [-0.39, 0.29) is 29.6 Å². The van der Waals surface area contributed by atoms with E-state index in [4.69, 9.17) is 14.5 Å². The molecule has 0 radical (unpaired) electrons. The summed E-state index contributed by atoms with van der Waals surface area (Å²) in [6.45, 7) is 8.30. The van der Waals surface area contributed by atoms with Gasteiger partial charge in [-0.2, -0.15) is 0 Å². The van der Waals surface area contributed by atoms with E-state index in [1.807, 2.05) is 11.3 Å². The molecule has 144 valence electrons. The molecule has 0 aliphatic carbocycles. The van der Waals surface area contributed by atoms with Crippen LogP contribution in [0.2, 0.25) is 0 Å². The lowest BCUT2D eigenvalue weighted by Gasteiger charge is -2.34. The molecule has 0 saturated carbocycles. The number of hydrogen-bond donors (Lipinski definition) is 2. The Morgan fingerprint density at radius 3 is 2.76 bits per heavy atom. The second-order valence-corrected chi connectivity index (χ2v) is 7.50. The van der Waals surface area contributed by atoms with Crippen molar-refractivity contribution in [2.45, 2.75) is 38.7 Å². The Morgan fingerprint density at radius 2 is 2.16 bits per heavy atom. The van der Waals surface area contributed by atoms with Crippen LogP contribution < -0.4 is 10.6 Å². The van der Waals surface area contributed by atoms with Crippen molar-refractivity contribution in [1.82, 2.24) is 10.6 Å². The van der Waals surface area contributed by atoms with Crippen molar-refractivity contribution >= 4 is 41.3 Å². The smallest absolute Gasteiger partial charge is 0.191 e. The molecule has 7 heteroatoms. The summed E-state index contributed by atoms with van der Waals surface area (Å²) < 4.78 is 11.2. The van der Waals surface area contributed by atoms with Crippen LogP contribution in [0.5, 0.6) is 0 Å². The van der Waals surface area contributed by atoms with E-state index in [1.54, 1.807) is 7.11 Å². The van der Waals surface area contributed by atoms with Crippen molar-refractivity contribution in [3.05, 3.63) is 22.4 Å². The highest BCUT2D eigenvalue weighted by molar-refractivity contribution is 14.0. The SMILES string of the molecule is CCNC(=NCC1(OC)CCOCC1)NCC(C)Cc1cccs1.I. The van der Waals surface area contributed by atoms with Crippen LogP contribution in [0.15, 0.2) is 22.5 Å². The van der Waals surface area contributed by atoms with Gasteiger partial charge in [0.15, 0.2) is 5.96 Å². The average Bonchev–Trinajstić information content (AvgIpc) is 3.11. The van der Waals surface area contributed by atoms with Crippen LogP contribution >= 0.6 is 35.3 Å². The van der Waals surface area contributed by atoms with E-state index in [0.717, 1.165) is 51.5 Å². The van der Waals surface area contributed by atoms with Crippen molar-refractivity contribution in [3.8, 4) is 0 Å². The Bertz CT molecular complexity index is 491. The lowest BCUT2D eigenvalue weighted by Crippen LogP contribution is -2.44. The molecule has 1 aliphatic rings. The lowest BCUT2D eigenvalue weighted by atomic mass is 9.94. The predicted octanol–water partition coefficient (Wildman–Crippen LogP) is 3.30. The Hall–Kier alpha value is -0.380. The number of guanidine groups is 1. The molecule has 1 aromatic heterocycles. The largest absolute Gasteiger partial charge is 0.381 e. The molecule has 0 bridgehead atoms. The number of hydrogen-bond acceptors (Lipinski definition) is 4. The summed E-state index contributed by atoms with van der Waals surface area (Å²) in [5.74, 6) is 1.44. The van der Waals surface area contributed by atoms with Gasteiger partial charge >= 0.3 is 0 Å². The minimum Gasteiger partial charge on any atom is -0.381 e. The molecule has 1 aliphatic heterocycles. The fourth-order valence-corrected chi connectivity index (χ4v) is 3.72. The van der Waals surface area contributed by atoms with Gasteiger partial charge in [-0.1, -0.05) is 13.0 Å². The van der Waals surface area contributed by atoms with Crippen LogP contribution in [0.1, 0.15) is 31.6 Å². The summed E-state index contributed by atoms with van der Waals surface area (Å²) in [4.78, 5) is 6.20. The summed E-state index contributed by atoms with van der Waals surface area (Å²) in [6.07, 6.45) is 2.91. The van der Waals surface area contributed by atoms with Gasteiger partial charge in [0.2, 0.25) is 0 Å². The number of ether oxygens (including phenoxy) is 2. The number of rotatable bonds is 8. The van der Waals surface area contributed by atoms with Crippen LogP contribution in [-0.2, 0) is 15.9 Å². The van der Waals surface area contributed by atoms with E-state index >= 15 is 0 Å². The van der Waals surface area contributed by atoms with Gasteiger partial charge in [-0.15, -0.1) is 35.3 Å². The Morgan fingerprint density at radius 1 is 1.40 bits per heavy atom. The number of nitrogens with one attached hydrogen (secondary N) is 2. The predicted molar refractivity (Wildman–Crippen MR) is 116 cm³/mol. The molecule has 0 aromatic carbocycles. The second-order valence-electron chi connectivity index (χ2n) is 6.46. The van der Waals surface area contributed by atoms with E-state index in [0.29, 0.717) is 12.5 Å². The van der Waals surface area contributed by atoms with Crippen molar-refractivity contribution < 1.29 is 9.47 Å². The summed E-state index contributed by atoms with van der Waals surface area (Å²) >= 11 is 1.83. The van der Waals surface area contributed by atoms with Gasteiger partial charge in [-0.3, -0.25) is 4.99 Å². The Kier molecular flexibility index (Phi) is 11.0. The van der Waals surface area contributed by atoms with Crippen molar-refractivity contribution in [2.75, 3.05) is 40.0 Å². The Labute approximate surface area is 173 Å². The van der Waals surface area contributed by atoms with Crippen LogP contribution in [0, 0.1) is 5.92 Å². The molecule has 2 N–H and O–H groups in total. The fourth-order valence-electron chi connectivity index (χ4n) is 2.85. The third-order valence-corrected chi connectivity index (χ3v) is 5.35. The van der Waals surface area contributed by atoms with E-state index in [2.05, 4.69) is 42.0 Å². The van der Waals surface area contributed by atoms with Crippen LogP contribution in [-0.4, -0.2) is 51.5 Å². The highest BCUT2D eigenvalue weighted by Gasteiger charge is 2.32. The molecule has 1 aromatic rings. The first-order valence-electron chi connectivity index (χ1n) is 8.85. The first kappa shape index (κ1) is 22.7. The van der Waals surface area contributed by atoms with Crippen molar-refractivity contribution in [2.24, 2.45) is 10.9 Å². The number of thiophene rings is 1. The molecule has 0 amide bonds. The van der Waals surface area contributed by atoms with Crippen LogP contribution in [0.25, 0.3) is 0 Å². The third-order valence-electron chi connectivity index (χ3n) is 4.45. The summed E-state index contributed by atoms with van der Waals surface area (Å²) in [5.41, 5.74) is -0.177. The minimum absolute atomic E-state index is 0. The maximum atomic E-state index is 5.76. The Balaban J connectivity index is 0.00000312. The number of aliphatic imine (C=N–C) groups is 1. The second kappa shape index (κ2) is 12.1. The van der Waals surface area contributed by atoms with Crippen LogP contribution in [0.3, 0.4) is 0 Å². The van der Waals surface area contributed by atoms with Crippen molar-refractivity contribution in [3.63, 3.8) is 0 Å². The van der Waals surface area contributed by atoms with Crippen molar-refractivity contribution in [1.29, 1.82) is 0 Å². The third kappa shape index (κ3) is 7.80. The topological polar surface area (TPSA) is 54.9 Å².